The molecule has 0 radical (unpaired) electrons. The van der Waals surface area contributed by atoms with Gasteiger partial charge in [0.1, 0.15) is 6.61 Å². The molecule has 1 aromatic rings. The molecule has 0 amide bonds. The summed E-state index contributed by atoms with van der Waals surface area (Å²) >= 11 is 0. The van der Waals surface area contributed by atoms with Crippen LogP contribution < -0.4 is 0 Å². The van der Waals surface area contributed by atoms with E-state index in [-0.39, 0.29) is 6.10 Å². The molecular formula is C9H14N2O. The van der Waals surface area contributed by atoms with Gasteiger partial charge in [-0.2, -0.15) is 0 Å². The third-order valence-electron chi connectivity index (χ3n) is 1.38. The van der Waals surface area contributed by atoms with Gasteiger partial charge in [-0.05, 0) is 26.3 Å². The lowest BCUT2D eigenvalue weighted by atomic mass is 10.4. The minimum Gasteiger partial charge on any atom is -0.371 e. The summed E-state index contributed by atoms with van der Waals surface area (Å²) < 4.78 is 5.34. The highest BCUT2D eigenvalue weighted by Crippen LogP contribution is 1.97. The van der Waals surface area contributed by atoms with Crippen LogP contribution in [0.1, 0.15) is 25.2 Å². The lowest BCUT2D eigenvalue weighted by Crippen LogP contribution is -2.05. The molecule has 0 aliphatic heterocycles. The average Bonchev–Trinajstić information content (AvgIpc) is 2.03. The van der Waals surface area contributed by atoms with Crippen molar-refractivity contribution in [1.82, 2.24) is 9.97 Å². The molecule has 1 heterocycles. The third-order valence-corrected chi connectivity index (χ3v) is 1.38. The van der Waals surface area contributed by atoms with Gasteiger partial charge in [-0.25, -0.2) is 9.97 Å². The maximum Gasteiger partial charge on any atom is 0.153 e. The summed E-state index contributed by atoms with van der Waals surface area (Å²) in [5.74, 6) is 0.745. The van der Waals surface area contributed by atoms with Gasteiger partial charge < -0.3 is 4.74 Å². The molecule has 1 aromatic heterocycles. The molecule has 0 aliphatic rings. The van der Waals surface area contributed by atoms with Gasteiger partial charge >= 0.3 is 0 Å². The Kier molecular flexibility index (Phi) is 3.17. The van der Waals surface area contributed by atoms with E-state index in [0.717, 1.165) is 11.4 Å². The van der Waals surface area contributed by atoms with Crippen molar-refractivity contribution in [3.63, 3.8) is 0 Å². The van der Waals surface area contributed by atoms with E-state index in [1.54, 1.807) is 12.4 Å². The van der Waals surface area contributed by atoms with Crippen molar-refractivity contribution in [1.29, 1.82) is 0 Å². The SMILES string of the molecule is Cc1cnc(COC(C)C)nc1. The van der Waals surface area contributed by atoms with Crippen LogP contribution in [0.5, 0.6) is 0 Å². The van der Waals surface area contributed by atoms with Crippen LogP contribution in [0.3, 0.4) is 0 Å². The molecule has 0 saturated carbocycles. The summed E-state index contributed by atoms with van der Waals surface area (Å²) in [7, 11) is 0. The molecule has 0 aliphatic carbocycles. The Bertz CT molecular complexity index is 231. The summed E-state index contributed by atoms with van der Waals surface area (Å²) in [5.41, 5.74) is 1.07. The van der Waals surface area contributed by atoms with Crippen LogP contribution in [0.25, 0.3) is 0 Å². The van der Waals surface area contributed by atoms with Gasteiger partial charge in [-0.15, -0.1) is 0 Å². The number of nitrogens with zero attached hydrogens (tertiary/aromatic N) is 2. The summed E-state index contributed by atoms with van der Waals surface area (Å²) in [5, 5.41) is 0. The molecule has 66 valence electrons. The van der Waals surface area contributed by atoms with E-state index >= 15 is 0 Å². The van der Waals surface area contributed by atoms with Crippen LogP contribution in [-0.4, -0.2) is 16.1 Å². The summed E-state index contributed by atoms with van der Waals surface area (Å²) in [6.45, 7) is 6.45. The molecule has 12 heavy (non-hydrogen) atoms. The van der Waals surface area contributed by atoms with Crippen molar-refractivity contribution < 1.29 is 4.74 Å². The Morgan fingerprint density at radius 1 is 1.33 bits per heavy atom. The Labute approximate surface area is 72.8 Å². The topological polar surface area (TPSA) is 35.0 Å². The normalized spacial score (nSPS) is 10.7. The lowest BCUT2D eigenvalue weighted by Gasteiger charge is -2.05. The van der Waals surface area contributed by atoms with Crippen LogP contribution in [0, 0.1) is 6.92 Å². The monoisotopic (exact) mass is 166 g/mol. The van der Waals surface area contributed by atoms with Crippen LogP contribution in [0.4, 0.5) is 0 Å². The Balaban J connectivity index is 2.48. The van der Waals surface area contributed by atoms with Gasteiger partial charge in [0.15, 0.2) is 5.82 Å². The minimum atomic E-state index is 0.231. The van der Waals surface area contributed by atoms with Crippen molar-refractivity contribution >= 4 is 0 Å². The highest BCUT2D eigenvalue weighted by atomic mass is 16.5. The summed E-state index contributed by atoms with van der Waals surface area (Å²) in [6, 6.07) is 0. The number of rotatable bonds is 3. The molecule has 3 nitrogen and oxygen atoms in total. The van der Waals surface area contributed by atoms with Gasteiger partial charge in [0.25, 0.3) is 0 Å². The molecule has 0 fully saturated rings. The molecule has 1 rings (SSSR count). The number of aromatic nitrogens is 2. The summed E-state index contributed by atoms with van der Waals surface area (Å²) in [4.78, 5) is 8.23. The first-order chi connectivity index (χ1) is 5.68. The first-order valence-corrected chi connectivity index (χ1v) is 4.07. The first kappa shape index (κ1) is 9.13. The second-order valence-corrected chi connectivity index (χ2v) is 3.04. The average molecular weight is 166 g/mol. The van der Waals surface area contributed by atoms with Gasteiger partial charge in [0.05, 0.1) is 6.10 Å². The largest absolute Gasteiger partial charge is 0.371 e. The van der Waals surface area contributed by atoms with E-state index in [2.05, 4.69) is 9.97 Å². The Morgan fingerprint density at radius 3 is 2.42 bits per heavy atom. The zero-order chi connectivity index (χ0) is 8.97. The van der Waals surface area contributed by atoms with E-state index in [9.17, 15) is 0 Å². The quantitative estimate of drug-likeness (QED) is 0.685. The fraction of sp³-hybridized carbons (Fsp3) is 0.556. The van der Waals surface area contributed by atoms with E-state index in [0.29, 0.717) is 6.61 Å². The molecule has 0 saturated heterocycles. The third kappa shape index (κ3) is 2.96. The van der Waals surface area contributed by atoms with Crippen LogP contribution >= 0.6 is 0 Å². The predicted octanol–water partition coefficient (Wildman–Crippen LogP) is 1.71. The second kappa shape index (κ2) is 4.16. The molecule has 3 heteroatoms. The van der Waals surface area contributed by atoms with Gasteiger partial charge in [-0.1, -0.05) is 0 Å². The van der Waals surface area contributed by atoms with Gasteiger partial charge in [0.2, 0.25) is 0 Å². The van der Waals surface area contributed by atoms with E-state index in [1.807, 2.05) is 20.8 Å². The van der Waals surface area contributed by atoms with Gasteiger partial charge in [0, 0.05) is 12.4 Å². The smallest absolute Gasteiger partial charge is 0.153 e. The van der Waals surface area contributed by atoms with Crippen LogP contribution in [-0.2, 0) is 11.3 Å². The number of ether oxygens (including phenoxy) is 1. The van der Waals surface area contributed by atoms with Crippen molar-refractivity contribution in [3.8, 4) is 0 Å². The predicted molar refractivity (Wildman–Crippen MR) is 46.7 cm³/mol. The maximum absolute atomic E-state index is 5.34. The van der Waals surface area contributed by atoms with Gasteiger partial charge in [-0.3, -0.25) is 0 Å². The molecular weight excluding hydrogens is 152 g/mol. The first-order valence-electron chi connectivity index (χ1n) is 4.07. The summed E-state index contributed by atoms with van der Waals surface area (Å²) in [6.07, 6.45) is 3.83. The molecule has 0 N–H and O–H groups in total. The zero-order valence-corrected chi connectivity index (χ0v) is 7.74. The van der Waals surface area contributed by atoms with Crippen LogP contribution in [0.15, 0.2) is 12.4 Å². The molecule has 0 bridgehead atoms. The van der Waals surface area contributed by atoms with Crippen molar-refractivity contribution in [2.75, 3.05) is 0 Å². The standard InChI is InChI=1S/C9H14N2O/c1-7(2)12-6-9-10-4-8(3)5-11-9/h4-5,7H,6H2,1-3H3. The zero-order valence-electron chi connectivity index (χ0n) is 7.74. The Morgan fingerprint density at radius 2 is 1.92 bits per heavy atom. The maximum atomic E-state index is 5.34. The Hall–Kier alpha value is -0.960. The molecule has 0 unspecified atom stereocenters. The lowest BCUT2D eigenvalue weighted by molar-refractivity contribution is 0.0612. The number of hydrogen-bond acceptors (Lipinski definition) is 3. The van der Waals surface area contributed by atoms with Crippen LogP contribution in [0.2, 0.25) is 0 Å². The van der Waals surface area contributed by atoms with Crippen molar-refractivity contribution in [3.05, 3.63) is 23.8 Å². The minimum absolute atomic E-state index is 0.231. The molecule has 0 aromatic carbocycles. The number of aryl methyl sites for hydroxylation is 1. The highest BCUT2D eigenvalue weighted by Gasteiger charge is 1.97. The fourth-order valence-electron chi connectivity index (χ4n) is 0.735. The van der Waals surface area contributed by atoms with E-state index in [4.69, 9.17) is 4.74 Å². The molecule has 0 atom stereocenters. The van der Waals surface area contributed by atoms with E-state index < -0.39 is 0 Å². The highest BCUT2D eigenvalue weighted by molar-refractivity contribution is 5.01. The number of hydrogen-bond donors (Lipinski definition) is 0. The molecule has 0 spiro atoms. The van der Waals surface area contributed by atoms with Crippen molar-refractivity contribution in [2.24, 2.45) is 0 Å². The van der Waals surface area contributed by atoms with E-state index in [1.165, 1.54) is 0 Å². The fourth-order valence-corrected chi connectivity index (χ4v) is 0.735. The second-order valence-electron chi connectivity index (χ2n) is 3.04. The van der Waals surface area contributed by atoms with Crippen molar-refractivity contribution in [2.45, 2.75) is 33.5 Å².